The normalized spacial score (nSPS) is 12.7. The van der Waals surface area contributed by atoms with Crippen molar-refractivity contribution in [3.05, 3.63) is 59.4 Å². The summed E-state index contributed by atoms with van der Waals surface area (Å²) >= 11 is 5.94. The second-order valence-electron chi connectivity index (χ2n) is 8.01. The Morgan fingerprint density at radius 2 is 2.00 bits per heavy atom. The number of rotatable bonds is 8. The third kappa shape index (κ3) is 7.89. The van der Waals surface area contributed by atoms with Gasteiger partial charge >= 0.3 is 0 Å². The fraction of sp³-hybridized carbons (Fsp3) is 0.364. The average Bonchev–Trinajstić information content (AvgIpc) is 2.73. The number of carbonyl (C=O) groups is 1. The summed E-state index contributed by atoms with van der Waals surface area (Å²) in [6.07, 6.45) is 5.31. The van der Waals surface area contributed by atoms with Crippen molar-refractivity contribution < 1.29 is 4.79 Å². The number of aliphatic imine (C=N–C) groups is 1. The minimum atomic E-state index is -0.615. The summed E-state index contributed by atoms with van der Waals surface area (Å²) in [5.41, 5.74) is 0.728. The quantitative estimate of drug-likeness (QED) is 0.251. The summed E-state index contributed by atoms with van der Waals surface area (Å²) in [7, 11) is 3.99. The number of nitriles is 1. The van der Waals surface area contributed by atoms with Gasteiger partial charge in [0.15, 0.2) is 6.19 Å². The minimum absolute atomic E-state index is 0.217. The van der Waals surface area contributed by atoms with Gasteiger partial charge in [-0.25, -0.2) is 4.99 Å². The first-order chi connectivity index (χ1) is 14.7. The monoisotopic (exact) mass is 441 g/mol. The summed E-state index contributed by atoms with van der Waals surface area (Å²) in [5, 5.41) is 18.3. The molecule has 31 heavy (non-hydrogen) atoms. The minimum Gasteiger partial charge on any atom is -0.330 e. The molecule has 0 fully saturated rings. The van der Waals surface area contributed by atoms with Crippen LogP contribution in [0.1, 0.15) is 30.6 Å². The predicted octanol–water partition coefficient (Wildman–Crippen LogP) is 3.31. The number of nitrogens with zero attached hydrogens (tertiary/aromatic N) is 4. The van der Waals surface area contributed by atoms with Crippen molar-refractivity contribution in [3.8, 4) is 6.19 Å². The standard InChI is InChI=1S/C22H28ClN7O/c1-22(2,11-13-30(3)4)20(28-19(31)16-7-9-17(23)10-8-16)29-21(26-15-24)27-18-6-5-12-25-14-18/h5-10,12,14,20H,11,13H2,1-4H3,(H,28,31)(H2,26,27,29). The maximum absolute atomic E-state index is 12.9. The third-order valence-corrected chi connectivity index (χ3v) is 4.93. The predicted molar refractivity (Wildman–Crippen MR) is 124 cm³/mol. The lowest BCUT2D eigenvalue weighted by Gasteiger charge is -2.33. The second-order valence-corrected chi connectivity index (χ2v) is 8.44. The van der Waals surface area contributed by atoms with Crippen LogP contribution < -0.4 is 16.0 Å². The SMILES string of the molecule is CN(C)CCC(C)(C)C(N=C(NC#N)Nc1cccnc1)NC(=O)c1ccc(Cl)cc1. The Labute approximate surface area is 188 Å². The molecule has 8 nitrogen and oxygen atoms in total. The number of carbonyl (C=O) groups excluding carboxylic acids is 1. The van der Waals surface area contributed by atoms with E-state index in [0.29, 0.717) is 16.3 Å². The highest BCUT2D eigenvalue weighted by Gasteiger charge is 2.31. The molecule has 0 aliphatic rings. The highest BCUT2D eigenvalue weighted by Crippen LogP contribution is 2.27. The molecule has 1 aromatic heterocycles. The van der Waals surface area contributed by atoms with E-state index in [-0.39, 0.29) is 11.9 Å². The van der Waals surface area contributed by atoms with Crippen LogP contribution >= 0.6 is 11.6 Å². The Hall–Kier alpha value is -3.15. The number of hydrogen-bond donors (Lipinski definition) is 3. The third-order valence-electron chi connectivity index (χ3n) is 4.67. The molecule has 1 heterocycles. The van der Waals surface area contributed by atoms with E-state index in [2.05, 4.69) is 30.8 Å². The number of halogens is 1. The Kier molecular flexibility index (Phi) is 8.79. The van der Waals surface area contributed by atoms with Crippen LogP contribution in [0.5, 0.6) is 0 Å². The van der Waals surface area contributed by atoms with Crippen molar-refractivity contribution in [2.75, 3.05) is 26.0 Å². The van der Waals surface area contributed by atoms with E-state index in [1.54, 1.807) is 48.8 Å². The van der Waals surface area contributed by atoms with Gasteiger partial charge in [0, 0.05) is 22.2 Å². The molecule has 9 heteroatoms. The van der Waals surface area contributed by atoms with Gasteiger partial charge in [-0.05, 0) is 63.5 Å². The van der Waals surface area contributed by atoms with Gasteiger partial charge in [0.1, 0.15) is 6.17 Å². The Bertz CT molecular complexity index is 921. The van der Waals surface area contributed by atoms with E-state index in [9.17, 15) is 10.1 Å². The molecule has 1 unspecified atom stereocenters. The van der Waals surface area contributed by atoms with Gasteiger partial charge in [0.05, 0.1) is 11.9 Å². The average molecular weight is 442 g/mol. The number of guanidine groups is 1. The molecular formula is C22H28ClN7O. The van der Waals surface area contributed by atoms with E-state index >= 15 is 0 Å². The largest absolute Gasteiger partial charge is 0.330 e. The van der Waals surface area contributed by atoms with E-state index in [4.69, 9.17) is 11.6 Å². The molecule has 164 valence electrons. The van der Waals surface area contributed by atoms with Crippen molar-refractivity contribution in [2.24, 2.45) is 10.4 Å². The molecule has 0 bridgehead atoms. The fourth-order valence-corrected chi connectivity index (χ4v) is 2.84. The van der Waals surface area contributed by atoms with Crippen LogP contribution in [-0.4, -0.2) is 48.6 Å². The molecule has 2 rings (SSSR count). The number of anilines is 1. The van der Waals surface area contributed by atoms with Crippen LogP contribution in [0, 0.1) is 16.9 Å². The molecule has 1 atom stereocenters. The lowest BCUT2D eigenvalue weighted by atomic mass is 9.85. The Morgan fingerprint density at radius 1 is 1.29 bits per heavy atom. The van der Waals surface area contributed by atoms with E-state index in [0.717, 1.165) is 13.0 Å². The van der Waals surface area contributed by atoms with Crippen molar-refractivity contribution in [3.63, 3.8) is 0 Å². The van der Waals surface area contributed by atoms with E-state index in [1.165, 1.54) is 0 Å². The fourth-order valence-electron chi connectivity index (χ4n) is 2.71. The topological polar surface area (TPSA) is 105 Å². The van der Waals surface area contributed by atoms with Crippen LogP contribution in [0.3, 0.4) is 0 Å². The Morgan fingerprint density at radius 3 is 2.58 bits per heavy atom. The van der Waals surface area contributed by atoms with Gasteiger partial charge in [0.2, 0.25) is 5.96 Å². The summed E-state index contributed by atoms with van der Waals surface area (Å²) in [4.78, 5) is 23.7. The van der Waals surface area contributed by atoms with Crippen molar-refractivity contribution in [1.82, 2.24) is 20.5 Å². The maximum atomic E-state index is 12.9. The smallest absolute Gasteiger partial charge is 0.252 e. The zero-order valence-corrected chi connectivity index (χ0v) is 18.9. The van der Waals surface area contributed by atoms with Crippen LogP contribution in [0.25, 0.3) is 0 Å². The summed E-state index contributed by atoms with van der Waals surface area (Å²) in [6, 6.07) is 10.2. The number of amides is 1. The molecule has 0 radical (unpaired) electrons. The number of benzene rings is 1. The van der Waals surface area contributed by atoms with Crippen molar-refractivity contribution in [2.45, 2.75) is 26.4 Å². The zero-order valence-electron chi connectivity index (χ0n) is 18.2. The van der Waals surface area contributed by atoms with Gasteiger partial charge in [-0.1, -0.05) is 25.4 Å². The van der Waals surface area contributed by atoms with Gasteiger partial charge < -0.3 is 15.5 Å². The van der Waals surface area contributed by atoms with Gasteiger partial charge in [-0.3, -0.25) is 15.1 Å². The molecule has 0 aliphatic carbocycles. The molecule has 0 saturated carbocycles. The first kappa shape index (κ1) is 24.1. The van der Waals surface area contributed by atoms with Crippen LogP contribution in [0.4, 0.5) is 5.69 Å². The lowest BCUT2D eigenvalue weighted by molar-refractivity contribution is 0.0889. The van der Waals surface area contributed by atoms with Gasteiger partial charge in [0.25, 0.3) is 5.91 Å². The van der Waals surface area contributed by atoms with Gasteiger partial charge in [-0.2, -0.15) is 5.26 Å². The second kappa shape index (κ2) is 11.3. The summed E-state index contributed by atoms with van der Waals surface area (Å²) in [5.74, 6) is -0.0594. The molecule has 0 aliphatic heterocycles. The molecule has 0 spiro atoms. The number of hydrogen-bond acceptors (Lipinski definition) is 5. The van der Waals surface area contributed by atoms with E-state index in [1.807, 2.05) is 34.1 Å². The van der Waals surface area contributed by atoms with Crippen molar-refractivity contribution in [1.29, 1.82) is 5.26 Å². The number of pyridine rings is 1. The maximum Gasteiger partial charge on any atom is 0.252 e. The van der Waals surface area contributed by atoms with Crippen LogP contribution in [-0.2, 0) is 0 Å². The first-order valence-electron chi connectivity index (χ1n) is 9.82. The lowest BCUT2D eigenvalue weighted by Crippen LogP contribution is -2.47. The molecule has 1 amide bonds. The summed E-state index contributed by atoms with van der Waals surface area (Å²) < 4.78 is 0. The summed E-state index contributed by atoms with van der Waals surface area (Å²) in [6.45, 7) is 4.87. The Balaban J connectivity index is 2.33. The first-order valence-corrected chi connectivity index (χ1v) is 10.2. The zero-order chi connectivity index (χ0) is 22.9. The molecule has 0 saturated heterocycles. The molecular weight excluding hydrogens is 414 g/mol. The van der Waals surface area contributed by atoms with Crippen LogP contribution in [0.15, 0.2) is 53.8 Å². The highest BCUT2D eigenvalue weighted by molar-refractivity contribution is 6.30. The molecule has 2 aromatic rings. The number of nitrogens with one attached hydrogen (secondary N) is 3. The van der Waals surface area contributed by atoms with Crippen LogP contribution in [0.2, 0.25) is 5.02 Å². The van der Waals surface area contributed by atoms with Gasteiger partial charge in [-0.15, -0.1) is 0 Å². The van der Waals surface area contributed by atoms with Crippen molar-refractivity contribution >= 4 is 29.2 Å². The highest BCUT2D eigenvalue weighted by atomic mass is 35.5. The number of aromatic nitrogens is 1. The molecule has 3 N–H and O–H groups in total. The molecule has 1 aromatic carbocycles. The van der Waals surface area contributed by atoms with E-state index < -0.39 is 11.6 Å².